The van der Waals surface area contributed by atoms with Gasteiger partial charge >= 0.3 is 5.97 Å². The molecule has 142 valence electrons. The van der Waals surface area contributed by atoms with E-state index >= 15 is 0 Å². The lowest BCUT2D eigenvalue weighted by Gasteiger charge is -2.15. The van der Waals surface area contributed by atoms with E-state index in [0.29, 0.717) is 6.42 Å². The first-order valence-electron chi connectivity index (χ1n) is 9.81. The summed E-state index contributed by atoms with van der Waals surface area (Å²) < 4.78 is 0. The number of carboxylic acids is 1. The fourth-order valence-corrected chi connectivity index (χ4v) is 2.87. The van der Waals surface area contributed by atoms with Crippen LogP contribution in [0.4, 0.5) is 0 Å². The molecule has 0 aromatic heterocycles. The van der Waals surface area contributed by atoms with Crippen LogP contribution < -0.4 is 5.73 Å². The molecule has 0 aromatic carbocycles. The van der Waals surface area contributed by atoms with Gasteiger partial charge in [-0.2, -0.15) is 0 Å². The van der Waals surface area contributed by atoms with Gasteiger partial charge in [0.2, 0.25) is 0 Å². The average molecular weight is 342 g/mol. The van der Waals surface area contributed by atoms with Crippen LogP contribution in [0.2, 0.25) is 0 Å². The molecule has 0 atom stereocenters. The van der Waals surface area contributed by atoms with Gasteiger partial charge in [-0.05, 0) is 12.8 Å². The standard InChI is InChI=1S/C19H39N3O2/c1-22(19(20)21)17-15-13-11-9-7-5-3-2-4-6-8-10-12-14-16-18(23)24/h2-17H2,1H3,(H3,20,21)(H,23,24). The van der Waals surface area contributed by atoms with Gasteiger partial charge in [-0.15, -0.1) is 0 Å². The molecule has 5 heteroatoms. The van der Waals surface area contributed by atoms with Gasteiger partial charge in [-0.25, -0.2) is 0 Å². The normalized spacial score (nSPS) is 10.7. The molecule has 0 aliphatic rings. The van der Waals surface area contributed by atoms with E-state index in [0.717, 1.165) is 25.8 Å². The summed E-state index contributed by atoms with van der Waals surface area (Å²) in [4.78, 5) is 12.2. The highest BCUT2D eigenvalue weighted by Crippen LogP contribution is 2.13. The quantitative estimate of drug-likeness (QED) is 0.202. The highest BCUT2D eigenvalue weighted by atomic mass is 16.4. The molecule has 0 radical (unpaired) electrons. The third kappa shape index (κ3) is 17.1. The highest BCUT2D eigenvalue weighted by Gasteiger charge is 1.99. The third-order valence-electron chi connectivity index (χ3n) is 4.55. The Morgan fingerprint density at radius 2 is 1.12 bits per heavy atom. The highest BCUT2D eigenvalue weighted by molar-refractivity contribution is 5.74. The molecule has 0 spiro atoms. The molecule has 0 rings (SSSR count). The van der Waals surface area contributed by atoms with E-state index in [4.69, 9.17) is 16.2 Å². The number of nitrogens with one attached hydrogen (secondary N) is 1. The Morgan fingerprint density at radius 1 is 0.792 bits per heavy atom. The minimum absolute atomic E-state index is 0.162. The first-order valence-corrected chi connectivity index (χ1v) is 9.81. The van der Waals surface area contributed by atoms with Crippen LogP contribution in [0, 0.1) is 5.41 Å². The van der Waals surface area contributed by atoms with E-state index in [1.807, 2.05) is 7.05 Å². The summed E-state index contributed by atoms with van der Waals surface area (Å²) >= 11 is 0. The largest absolute Gasteiger partial charge is 0.481 e. The molecular formula is C19H39N3O2. The lowest BCUT2D eigenvalue weighted by molar-refractivity contribution is -0.137. The van der Waals surface area contributed by atoms with Crippen LogP contribution in [0.25, 0.3) is 0 Å². The van der Waals surface area contributed by atoms with E-state index in [2.05, 4.69) is 0 Å². The van der Waals surface area contributed by atoms with E-state index in [-0.39, 0.29) is 5.96 Å². The van der Waals surface area contributed by atoms with Crippen LogP contribution in [0.15, 0.2) is 0 Å². The summed E-state index contributed by atoms with van der Waals surface area (Å²) in [6.07, 6.45) is 17.7. The SMILES string of the molecule is CN(CCCCCCCCCCCCCCCCC(=O)O)C(=N)N. The van der Waals surface area contributed by atoms with E-state index in [9.17, 15) is 4.79 Å². The zero-order valence-electron chi connectivity index (χ0n) is 15.7. The molecule has 0 aliphatic carbocycles. The molecule has 0 heterocycles. The second-order valence-corrected chi connectivity index (χ2v) is 6.90. The number of carboxylic acid groups (broad SMARTS) is 1. The van der Waals surface area contributed by atoms with Crippen molar-refractivity contribution in [2.45, 2.75) is 96.3 Å². The predicted octanol–water partition coefficient (Wildman–Crippen LogP) is 4.75. The van der Waals surface area contributed by atoms with Crippen molar-refractivity contribution in [2.75, 3.05) is 13.6 Å². The second kappa shape index (κ2) is 16.6. The lowest BCUT2D eigenvalue weighted by atomic mass is 10.0. The molecule has 0 saturated heterocycles. The van der Waals surface area contributed by atoms with E-state index < -0.39 is 5.97 Å². The number of unbranched alkanes of at least 4 members (excludes halogenated alkanes) is 13. The Balaban J connectivity index is 3.08. The van der Waals surface area contributed by atoms with Crippen LogP contribution in [-0.4, -0.2) is 35.5 Å². The van der Waals surface area contributed by atoms with Crippen LogP contribution in [0.1, 0.15) is 96.3 Å². The molecule has 0 unspecified atom stereocenters. The summed E-state index contributed by atoms with van der Waals surface area (Å²) in [5.41, 5.74) is 5.40. The van der Waals surface area contributed by atoms with Crippen molar-refractivity contribution in [2.24, 2.45) is 5.73 Å². The summed E-state index contributed by atoms with van der Waals surface area (Å²) in [5, 5.41) is 15.8. The van der Waals surface area contributed by atoms with E-state index in [1.54, 1.807) is 4.90 Å². The van der Waals surface area contributed by atoms with Crippen LogP contribution >= 0.6 is 0 Å². The summed E-state index contributed by atoms with van der Waals surface area (Å²) in [6, 6.07) is 0. The topological polar surface area (TPSA) is 90.4 Å². The maximum atomic E-state index is 10.4. The molecule has 24 heavy (non-hydrogen) atoms. The Morgan fingerprint density at radius 3 is 1.46 bits per heavy atom. The first kappa shape index (κ1) is 22.7. The van der Waals surface area contributed by atoms with Crippen LogP contribution in [0.5, 0.6) is 0 Å². The van der Waals surface area contributed by atoms with Gasteiger partial charge in [-0.1, -0.05) is 77.0 Å². The van der Waals surface area contributed by atoms with Gasteiger partial charge in [-0.3, -0.25) is 10.2 Å². The minimum Gasteiger partial charge on any atom is -0.481 e. The Hall–Kier alpha value is -1.26. The zero-order chi connectivity index (χ0) is 18.0. The maximum absolute atomic E-state index is 10.4. The first-order chi connectivity index (χ1) is 11.5. The minimum atomic E-state index is -0.668. The van der Waals surface area contributed by atoms with Crippen molar-refractivity contribution in [3.05, 3.63) is 0 Å². The monoisotopic (exact) mass is 341 g/mol. The van der Waals surface area contributed by atoms with Gasteiger partial charge in [0.25, 0.3) is 0 Å². The average Bonchev–Trinajstić information content (AvgIpc) is 2.53. The van der Waals surface area contributed by atoms with Crippen molar-refractivity contribution < 1.29 is 9.90 Å². The molecule has 0 aliphatic heterocycles. The number of guanidine groups is 1. The predicted molar refractivity (Wildman–Crippen MR) is 101 cm³/mol. The number of nitrogens with two attached hydrogens (primary N) is 1. The molecule has 0 saturated carbocycles. The third-order valence-corrected chi connectivity index (χ3v) is 4.55. The molecule has 4 N–H and O–H groups in total. The van der Waals surface area contributed by atoms with Gasteiger partial charge in [0.05, 0.1) is 0 Å². The van der Waals surface area contributed by atoms with Crippen molar-refractivity contribution >= 4 is 11.9 Å². The summed E-state index contributed by atoms with van der Waals surface area (Å²) in [6.45, 7) is 0.894. The van der Waals surface area contributed by atoms with Gasteiger partial charge in [0.1, 0.15) is 0 Å². The number of aliphatic carboxylic acids is 1. The Labute approximate surface area is 148 Å². The molecule has 5 nitrogen and oxygen atoms in total. The van der Waals surface area contributed by atoms with Crippen molar-refractivity contribution in [3.63, 3.8) is 0 Å². The molecule has 0 bridgehead atoms. The van der Waals surface area contributed by atoms with Gasteiger partial charge in [0.15, 0.2) is 5.96 Å². The Bertz CT molecular complexity index is 322. The fourth-order valence-electron chi connectivity index (χ4n) is 2.87. The molecule has 0 fully saturated rings. The number of carbonyl (C=O) groups is 1. The molecule has 0 aromatic rings. The van der Waals surface area contributed by atoms with E-state index in [1.165, 1.54) is 70.6 Å². The number of rotatable bonds is 17. The van der Waals surface area contributed by atoms with Crippen LogP contribution in [-0.2, 0) is 4.79 Å². The smallest absolute Gasteiger partial charge is 0.303 e. The van der Waals surface area contributed by atoms with Crippen molar-refractivity contribution in [1.82, 2.24) is 4.90 Å². The number of hydrogen-bond donors (Lipinski definition) is 3. The van der Waals surface area contributed by atoms with Crippen LogP contribution in [0.3, 0.4) is 0 Å². The van der Waals surface area contributed by atoms with Gasteiger partial charge in [0, 0.05) is 20.0 Å². The lowest BCUT2D eigenvalue weighted by Crippen LogP contribution is -2.33. The van der Waals surface area contributed by atoms with Crippen molar-refractivity contribution in [1.29, 1.82) is 5.41 Å². The number of nitrogens with zero attached hydrogens (tertiary/aromatic N) is 1. The summed E-state index contributed by atoms with van der Waals surface area (Å²) in [7, 11) is 1.87. The molecule has 0 amide bonds. The number of hydrogen-bond acceptors (Lipinski definition) is 2. The zero-order valence-corrected chi connectivity index (χ0v) is 15.7. The maximum Gasteiger partial charge on any atom is 0.303 e. The second-order valence-electron chi connectivity index (χ2n) is 6.90. The molecular weight excluding hydrogens is 302 g/mol. The summed E-state index contributed by atoms with van der Waals surface area (Å²) in [5.74, 6) is -0.506. The van der Waals surface area contributed by atoms with Gasteiger partial charge < -0.3 is 15.7 Å². The fraction of sp³-hybridized carbons (Fsp3) is 0.895. The van der Waals surface area contributed by atoms with Crippen molar-refractivity contribution in [3.8, 4) is 0 Å². The Kier molecular flexibility index (Phi) is 15.7.